The predicted octanol–water partition coefficient (Wildman–Crippen LogP) is 3.44. The van der Waals surface area contributed by atoms with Gasteiger partial charge in [-0.3, -0.25) is 14.6 Å². The van der Waals surface area contributed by atoms with Crippen LogP contribution >= 0.6 is 0 Å². The number of aromatic amines is 1. The van der Waals surface area contributed by atoms with Gasteiger partial charge in [0.25, 0.3) is 5.56 Å². The normalized spacial score (nSPS) is 11.4. The molecule has 0 unspecified atom stereocenters. The first-order chi connectivity index (χ1) is 8.11. The second kappa shape index (κ2) is 6.67. The van der Waals surface area contributed by atoms with Crippen molar-refractivity contribution in [2.45, 2.75) is 72.3 Å². The molecule has 1 aromatic heterocycles. The van der Waals surface area contributed by atoms with Crippen LogP contribution in [0.15, 0.2) is 4.79 Å². The molecule has 1 rings (SSSR count). The van der Waals surface area contributed by atoms with Gasteiger partial charge < -0.3 is 0 Å². The maximum atomic E-state index is 12.2. The lowest BCUT2D eigenvalue weighted by atomic mass is 10.0. The maximum absolute atomic E-state index is 12.2. The Hall–Kier alpha value is -0.990. The standard InChI is InChI=1S/C14H26N2O/c1-5-7-9-12-13(11(3)4)15-16(14(12)17)10-8-6-2/h11,15H,5-10H2,1-4H3. The molecule has 0 aromatic carbocycles. The highest BCUT2D eigenvalue weighted by atomic mass is 16.1. The fourth-order valence-corrected chi connectivity index (χ4v) is 2.09. The second-order valence-corrected chi connectivity index (χ2v) is 5.07. The van der Waals surface area contributed by atoms with E-state index in [1.807, 2.05) is 0 Å². The Bertz CT molecular complexity index is 387. The smallest absolute Gasteiger partial charge is 0.269 e. The summed E-state index contributed by atoms with van der Waals surface area (Å²) in [6.07, 6.45) is 5.33. The van der Waals surface area contributed by atoms with Crippen LogP contribution in [-0.4, -0.2) is 9.78 Å². The zero-order chi connectivity index (χ0) is 12.8. The van der Waals surface area contributed by atoms with Gasteiger partial charge in [-0.1, -0.05) is 40.5 Å². The van der Waals surface area contributed by atoms with Gasteiger partial charge in [-0.2, -0.15) is 0 Å². The number of H-pyrrole nitrogens is 1. The fraction of sp³-hybridized carbons (Fsp3) is 0.786. The van der Waals surface area contributed by atoms with E-state index in [-0.39, 0.29) is 5.56 Å². The van der Waals surface area contributed by atoms with Crippen LogP contribution in [0.2, 0.25) is 0 Å². The molecule has 1 aromatic rings. The van der Waals surface area contributed by atoms with Gasteiger partial charge in [0, 0.05) is 17.8 Å². The third kappa shape index (κ3) is 3.48. The van der Waals surface area contributed by atoms with Crippen molar-refractivity contribution < 1.29 is 0 Å². The first kappa shape index (κ1) is 14.1. The molecule has 0 saturated heterocycles. The van der Waals surface area contributed by atoms with Crippen molar-refractivity contribution in [3.63, 3.8) is 0 Å². The Morgan fingerprint density at radius 3 is 2.35 bits per heavy atom. The highest BCUT2D eigenvalue weighted by Gasteiger charge is 2.15. The monoisotopic (exact) mass is 238 g/mol. The topological polar surface area (TPSA) is 37.8 Å². The molecule has 0 bridgehead atoms. The number of aromatic nitrogens is 2. The third-order valence-corrected chi connectivity index (χ3v) is 3.18. The molecule has 0 spiro atoms. The van der Waals surface area contributed by atoms with Crippen LogP contribution in [0.3, 0.4) is 0 Å². The minimum atomic E-state index is 0.204. The first-order valence-electron chi connectivity index (χ1n) is 6.93. The van der Waals surface area contributed by atoms with Gasteiger partial charge in [-0.05, 0) is 25.2 Å². The largest absolute Gasteiger partial charge is 0.299 e. The molecule has 0 amide bonds. The fourth-order valence-electron chi connectivity index (χ4n) is 2.09. The van der Waals surface area contributed by atoms with Gasteiger partial charge in [-0.15, -0.1) is 0 Å². The molecule has 3 heteroatoms. The molecular formula is C14H26N2O. The lowest BCUT2D eigenvalue weighted by Gasteiger charge is -2.04. The molecule has 3 nitrogen and oxygen atoms in total. The van der Waals surface area contributed by atoms with Crippen molar-refractivity contribution in [2.75, 3.05) is 0 Å². The van der Waals surface area contributed by atoms with E-state index < -0.39 is 0 Å². The van der Waals surface area contributed by atoms with Crippen LogP contribution in [0, 0.1) is 0 Å². The lowest BCUT2D eigenvalue weighted by Crippen LogP contribution is -2.19. The van der Waals surface area contributed by atoms with Gasteiger partial charge >= 0.3 is 0 Å². The van der Waals surface area contributed by atoms with Crippen LogP contribution in [0.25, 0.3) is 0 Å². The molecule has 1 N–H and O–H groups in total. The van der Waals surface area contributed by atoms with Crippen LogP contribution < -0.4 is 5.56 Å². The maximum Gasteiger partial charge on any atom is 0.269 e. The van der Waals surface area contributed by atoms with Gasteiger partial charge in [0.2, 0.25) is 0 Å². The van der Waals surface area contributed by atoms with Crippen LogP contribution in [0.5, 0.6) is 0 Å². The summed E-state index contributed by atoms with van der Waals surface area (Å²) in [5.41, 5.74) is 2.35. The van der Waals surface area contributed by atoms with E-state index in [0.717, 1.165) is 49.9 Å². The summed E-state index contributed by atoms with van der Waals surface area (Å²) < 4.78 is 1.80. The van der Waals surface area contributed by atoms with Crippen molar-refractivity contribution in [3.05, 3.63) is 21.6 Å². The highest BCUT2D eigenvalue weighted by molar-refractivity contribution is 5.20. The van der Waals surface area contributed by atoms with E-state index in [1.54, 1.807) is 4.68 Å². The molecule has 0 aliphatic carbocycles. The number of unbranched alkanes of at least 4 members (excludes halogenated alkanes) is 2. The van der Waals surface area contributed by atoms with Crippen molar-refractivity contribution in [3.8, 4) is 0 Å². The zero-order valence-corrected chi connectivity index (χ0v) is 11.7. The second-order valence-electron chi connectivity index (χ2n) is 5.07. The van der Waals surface area contributed by atoms with Crippen LogP contribution in [0.1, 0.15) is 70.6 Å². The number of aryl methyl sites for hydroxylation is 1. The first-order valence-corrected chi connectivity index (χ1v) is 6.93. The van der Waals surface area contributed by atoms with Crippen molar-refractivity contribution >= 4 is 0 Å². The summed E-state index contributed by atoms with van der Waals surface area (Å²) in [5, 5.41) is 3.30. The average Bonchev–Trinajstić information content (AvgIpc) is 2.61. The average molecular weight is 238 g/mol. The van der Waals surface area contributed by atoms with E-state index >= 15 is 0 Å². The van der Waals surface area contributed by atoms with E-state index in [0.29, 0.717) is 5.92 Å². The number of hydrogen-bond acceptors (Lipinski definition) is 1. The molecule has 0 aliphatic heterocycles. The molecule has 1 heterocycles. The van der Waals surface area contributed by atoms with Crippen molar-refractivity contribution in [2.24, 2.45) is 0 Å². The quantitative estimate of drug-likeness (QED) is 0.776. The number of hydrogen-bond donors (Lipinski definition) is 1. The van der Waals surface area contributed by atoms with Gasteiger partial charge in [-0.25, -0.2) is 0 Å². The SMILES string of the molecule is CCCCc1c(C(C)C)[nH]n(CCCC)c1=O. The molecular weight excluding hydrogens is 212 g/mol. The summed E-state index contributed by atoms with van der Waals surface area (Å²) in [4.78, 5) is 12.2. The van der Waals surface area contributed by atoms with Gasteiger partial charge in [0.15, 0.2) is 0 Å². The van der Waals surface area contributed by atoms with E-state index in [9.17, 15) is 4.79 Å². The minimum Gasteiger partial charge on any atom is -0.299 e. The molecule has 17 heavy (non-hydrogen) atoms. The number of nitrogens with one attached hydrogen (secondary N) is 1. The summed E-state index contributed by atoms with van der Waals surface area (Å²) in [6, 6.07) is 0. The van der Waals surface area contributed by atoms with Gasteiger partial charge in [0.05, 0.1) is 0 Å². The van der Waals surface area contributed by atoms with Gasteiger partial charge in [0.1, 0.15) is 0 Å². The highest BCUT2D eigenvalue weighted by Crippen LogP contribution is 2.16. The predicted molar refractivity (Wildman–Crippen MR) is 72.7 cm³/mol. The Kier molecular flexibility index (Phi) is 5.52. The molecule has 98 valence electrons. The summed E-state index contributed by atoms with van der Waals surface area (Å²) >= 11 is 0. The van der Waals surface area contributed by atoms with Crippen LogP contribution in [-0.2, 0) is 13.0 Å². The Morgan fingerprint density at radius 1 is 1.18 bits per heavy atom. The summed E-state index contributed by atoms with van der Waals surface area (Å²) in [5.74, 6) is 0.400. The van der Waals surface area contributed by atoms with Crippen molar-refractivity contribution in [1.82, 2.24) is 9.78 Å². The lowest BCUT2D eigenvalue weighted by molar-refractivity contribution is 0.547. The Balaban J connectivity index is 2.98. The molecule has 0 fully saturated rings. The summed E-state index contributed by atoms with van der Waals surface area (Å²) in [6.45, 7) is 9.42. The van der Waals surface area contributed by atoms with Crippen LogP contribution in [0.4, 0.5) is 0 Å². The molecule has 0 saturated carbocycles. The molecule has 0 radical (unpaired) electrons. The molecule has 0 aliphatic rings. The number of rotatable bonds is 7. The van der Waals surface area contributed by atoms with E-state index in [2.05, 4.69) is 32.8 Å². The number of nitrogens with zero attached hydrogens (tertiary/aromatic N) is 1. The van der Waals surface area contributed by atoms with E-state index in [4.69, 9.17) is 0 Å². The Labute approximate surface area is 104 Å². The summed E-state index contributed by atoms with van der Waals surface area (Å²) in [7, 11) is 0. The van der Waals surface area contributed by atoms with Crippen molar-refractivity contribution in [1.29, 1.82) is 0 Å². The third-order valence-electron chi connectivity index (χ3n) is 3.18. The zero-order valence-electron chi connectivity index (χ0n) is 11.7. The molecule has 0 atom stereocenters. The van der Waals surface area contributed by atoms with E-state index in [1.165, 1.54) is 0 Å². The Morgan fingerprint density at radius 2 is 1.82 bits per heavy atom. The minimum absolute atomic E-state index is 0.204.